The molecule has 0 radical (unpaired) electrons. The second-order valence-corrected chi connectivity index (χ2v) is 5.80. The molecule has 3 fully saturated rings. The van der Waals surface area contributed by atoms with Gasteiger partial charge < -0.3 is 4.74 Å². The first kappa shape index (κ1) is 11.8. The van der Waals surface area contributed by atoms with Crippen LogP contribution in [0.2, 0.25) is 0 Å². The zero-order valence-corrected chi connectivity index (χ0v) is 10.8. The predicted molar refractivity (Wildman–Crippen MR) is 66.3 cm³/mol. The monoisotopic (exact) mass is 245 g/mol. The molecule has 3 rings (SSSR count). The van der Waals surface area contributed by atoms with E-state index in [-0.39, 0.29) is 0 Å². The first-order valence-corrected chi connectivity index (χ1v) is 7.06. The number of nitriles is 1. The molecule has 0 spiro atoms. The lowest BCUT2D eigenvalue weighted by atomic mass is 9.77. The Labute approximate surface area is 108 Å². The van der Waals surface area contributed by atoms with Crippen molar-refractivity contribution in [2.45, 2.75) is 39.0 Å². The number of hydrogen-bond acceptors (Lipinski definition) is 3. The molecule has 96 valence electrons. The van der Waals surface area contributed by atoms with E-state index in [0.717, 1.165) is 29.7 Å². The van der Waals surface area contributed by atoms with Crippen LogP contribution in [0.5, 0.6) is 0 Å². The Morgan fingerprint density at radius 3 is 2.94 bits per heavy atom. The fraction of sp³-hybridized carbons (Fsp3) is 0.733. The molecule has 0 aliphatic heterocycles. The lowest BCUT2D eigenvalue weighted by molar-refractivity contribution is -0.138. The average molecular weight is 245 g/mol. The third-order valence-corrected chi connectivity index (χ3v) is 5.15. The Hall–Kier alpha value is -1.30. The van der Waals surface area contributed by atoms with Gasteiger partial charge in [-0.3, -0.25) is 0 Å². The van der Waals surface area contributed by atoms with E-state index in [9.17, 15) is 10.1 Å². The van der Waals surface area contributed by atoms with Crippen molar-refractivity contribution < 1.29 is 9.53 Å². The van der Waals surface area contributed by atoms with Gasteiger partial charge in [-0.15, -0.1) is 0 Å². The molecule has 3 aliphatic rings. The van der Waals surface area contributed by atoms with E-state index in [4.69, 9.17) is 4.74 Å². The van der Waals surface area contributed by atoms with Gasteiger partial charge in [0.25, 0.3) is 0 Å². The summed E-state index contributed by atoms with van der Waals surface area (Å²) in [7, 11) is 0. The van der Waals surface area contributed by atoms with Crippen molar-refractivity contribution in [3.8, 4) is 6.07 Å². The molecule has 3 saturated carbocycles. The van der Waals surface area contributed by atoms with Gasteiger partial charge in [0.2, 0.25) is 0 Å². The van der Waals surface area contributed by atoms with Gasteiger partial charge in [0.1, 0.15) is 11.6 Å². The Morgan fingerprint density at radius 1 is 1.44 bits per heavy atom. The van der Waals surface area contributed by atoms with Crippen molar-refractivity contribution >= 4 is 5.97 Å². The second kappa shape index (κ2) is 4.42. The van der Waals surface area contributed by atoms with Crippen LogP contribution in [-0.2, 0) is 9.53 Å². The minimum atomic E-state index is -0.405. The van der Waals surface area contributed by atoms with E-state index in [0.29, 0.717) is 18.1 Å². The van der Waals surface area contributed by atoms with Crippen LogP contribution in [0.4, 0.5) is 0 Å². The molecule has 0 N–H and O–H groups in total. The summed E-state index contributed by atoms with van der Waals surface area (Å²) in [5.74, 6) is 2.45. The number of carbonyl (C=O) groups is 1. The normalized spacial score (nSPS) is 39.3. The van der Waals surface area contributed by atoms with Crippen molar-refractivity contribution in [3.63, 3.8) is 0 Å². The number of ether oxygens (including phenoxy) is 1. The standard InChI is InChI=1S/C15H19NO2/c1-2-18-15(17)14(8-16)13-7-9-6-12(13)11-5-3-4-10(9)11/h9-12H,2-7H2,1H3/b14-13+/t9-,10+,11-,12+/m1/s1. The molecule has 0 aromatic heterocycles. The minimum absolute atomic E-state index is 0.315. The zero-order valence-electron chi connectivity index (χ0n) is 10.8. The summed E-state index contributed by atoms with van der Waals surface area (Å²) in [6, 6.07) is 2.10. The third kappa shape index (κ3) is 1.59. The van der Waals surface area contributed by atoms with Crippen molar-refractivity contribution in [2.24, 2.45) is 23.7 Å². The van der Waals surface area contributed by atoms with Crippen LogP contribution in [0.3, 0.4) is 0 Å². The summed E-state index contributed by atoms with van der Waals surface area (Å²) in [6.45, 7) is 2.13. The molecule has 0 heterocycles. The van der Waals surface area contributed by atoms with E-state index in [1.165, 1.54) is 25.7 Å². The van der Waals surface area contributed by atoms with Gasteiger partial charge in [-0.2, -0.15) is 5.26 Å². The predicted octanol–water partition coefficient (Wildman–Crippen LogP) is 2.83. The van der Waals surface area contributed by atoms with Crippen LogP contribution in [-0.4, -0.2) is 12.6 Å². The van der Waals surface area contributed by atoms with E-state index in [1.54, 1.807) is 6.92 Å². The maximum Gasteiger partial charge on any atom is 0.348 e. The topological polar surface area (TPSA) is 50.1 Å². The number of carbonyl (C=O) groups excluding carboxylic acids is 1. The van der Waals surface area contributed by atoms with Crippen LogP contribution in [0.15, 0.2) is 11.1 Å². The summed E-state index contributed by atoms with van der Waals surface area (Å²) < 4.78 is 5.01. The third-order valence-electron chi connectivity index (χ3n) is 5.15. The van der Waals surface area contributed by atoms with Crippen LogP contribution < -0.4 is 0 Å². The fourth-order valence-corrected chi connectivity index (χ4v) is 4.59. The van der Waals surface area contributed by atoms with Gasteiger partial charge in [-0.05, 0) is 61.9 Å². The first-order valence-electron chi connectivity index (χ1n) is 7.06. The maximum atomic E-state index is 11.8. The van der Waals surface area contributed by atoms with Gasteiger partial charge in [0, 0.05) is 0 Å². The Bertz CT molecular complexity index is 446. The SMILES string of the molecule is CCOC(=O)/C(C#N)=C1\C[C@H]2C[C@H]1[C@@H]1CCC[C@@H]21. The van der Waals surface area contributed by atoms with Crippen LogP contribution >= 0.6 is 0 Å². The van der Waals surface area contributed by atoms with Crippen molar-refractivity contribution in [3.05, 3.63) is 11.1 Å². The largest absolute Gasteiger partial charge is 0.462 e. The molecule has 0 aromatic rings. The molecule has 3 aliphatic carbocycles. The maximum absolute atomic E-state index is 11.8. The number of rotatable bonds is 2. The number of esters is 1. The van der Waals surface area contributed by atoms with Crippen molar-refractivity contribution in [2.75, 3.05) is 6.61 Å². The second-order valence-electron chi connectivity index (χ2n) is 5.80. The highest BCUT2D eigenvalue weighted by Gasteiger charge is 2.52. The molecule has 0 aromatic carbocycles. The summed E-state index contributed by atoms with van der Waals surface area (Å²) >= 11 is 0. The van der Waals surface area contributed by atoms with E-state index < -0.39 is 5.97 Å². The van der Waals surface area contributed by atoms with Crippen LogP contribution in [0, 0.1) is 35.0 Å². The smallest absolute Gasteiger partial charge is 0.348 e. The Morgan fingerprint density at radius 2 is 2.22 bits per heavy atom. The average Bonchev–Trinajstić information content (AvgIpc) is 3.02. The Kier molecular flexibility index (Phi) is 2.89. The van der Waals surface area contributed by atoms with Crippen molar-refractivity contribution in [1.29, 1.82) is 5.26 Å². The Balaban J connectivity index is 1.89. The molecule has 3 nitrogen and oxygen atoms in total. The fourth-order valence-electron chi connectivity index (χ4n) is 4.59. The van der Waals surface area contributed by atoms with Gasteiger partial charge in [0.15, 0.2) is 0 Å². The van der Waals surface area contributed by atoms with E-state index in [2.05, 4.69) is 6.07 Å². The quantitative estimate of drug-likeness (QED) is 0.427. The van der Waals surface area contributed by atoms with Gasteiger partial charge >= 0.3 is 5.97 Å². The number of hydrogen-bond donors (Lipinski definition) is 0. The van der Waals surface area contributed by atoms with Gasteiger partial charge in [-0.25, -0.2) is 4.79 Å². The molecule has 4 atom stereocenters. The number of allylic oxidation sites excluding steroid dienone is 1. The highest BCUT2D eigenvalue weighted by molar-refractivity contribution is 5.94. The molecule has 3 heteroatoms. The highest BCUT2D eigenvalue weighted by atomic mass is 16.5. The molecule has 0 unspecified atom stereocenters. The lowest BCUT2D eigenvalue weighted by Gasteiger charge is -2.27. The number of nitrogens with zero attached hydrogens (tertiary/aromatic N) is 1. The van der Waals surface area contributed by atoms with Crippen LogP contribution in [0.1, 0.15) is 39.0 Å². The molecule has 18 heavy (non-hydrogen) atoms. The first-order chi connectivity index (χ1) is 8.76. The van der Waals surface area contributed by atoms with E-state index >= 15 is 0 Å². The van der Waals surface area contributed by atoms with Crippen LogP contribution in [0.25, 0.3) is 0 Å². The summed E-state index contributed by atoms with van der Waals surface area (Å²) in [6.07, 6.45) is 6.15. The molecular formula is C15H19NO2. The van der Waals surface area contributed by atoms with Crippen molar-refractivity contribution in [1.82, 2.24) is 0 Å². The van der Waals surface area contributed by atoms with E-state index in [1.807, 2.05) is 0 Å². The zero-order chi connectivity index (χ0) is 12.7. The molecule has 2 bridgehead atoms. The van der Waals surface area contributed by atoms with Gasteiger partial charge in [-0.1, -0.05) is 6.42 Å². The molecular weight excluding hydrogens is 226 g/mol. The molecule has 0 saturated heterocycles. The van der Waals surface area contributed by atoms with Gasteiger partial charge in [0.05, 0.1) is 6.61 Å². The number of fused-ring (bicyclic) bond motifs is 5. The molecule has 0 amide bonds. The summed E-state index contributed by atoms with van der Waals surface area (Å²) in [4.78, 5) is 11.8. The summed E-state index contributed by atoms with van der Waals surface area (Å²) in [5.41, 5.74) is 1.43. The minimum Gasteiger partial charge on any atom is -0.462 e. The highest BCUT2D eigenvalue weighted by Crippen LogP contribution is 2.61. The lowest BCUT2D eigenvalue weighted by Crippen LogP contribution is -2.21. The summed E-state index contributed by atoms with van der Waals surface area (Å²) in [5, 5.41) is 9.24.